The van der Waals surface area contributed by atoms with Crippen LogP contribution in [0.1, 0.15) is 61.9 Å². The van der Waals surface area contributed by atoms with Crippen LogP contribution in [0.4, 0.5) is 11.4 Å². The van der Waals surface area contributed by atoms with Crippen molar-refractivity contribution < 1.29 is 0 Å². The standard InChI is InChI=1S/C55H44N2/c1-54(2)48-18-9-8-16-44(48)46-29-26-41(33-50(46)54)57(40-24-21-36(22-25-40)35-12-6-5-7-13-35)42-27-30-47-45-28-23-39(32-49(45)55(3,4)51(47)34-42)43-17-10-14-37-19-20-38-15-11-31-56-53(38)52(37)43/h5-24,26-34,40H,25H2,1-4H3. The van der Waals surface area contributed by atoms with Gasteiger partial charge < -0.3 is 4.90 Å². The number of pyridine rings is 1. The Kier molecular flexibility index (Phi) is 7.41. The van der Waals surface area contributed by atoms with E-state index in [1.807, 2.05) is 12.3 Å². The van der Waals surface area contributed by atoms with Crippen LogP contribution in [0.3, 0.4) is 0 Å². The molecule has 0 saturated heterocycles. The molecule has 11 rings (SSSR count). The molecule has 2 heteroatoms. The summed E-state index contributed by atoms with van der Waals surface area (Å²) in [6.45, 7) is 9.56. The minimum Gasteiger partial charge on any atom is -0.334 e. The predicted molar refractivity (Wildman–Crippen MR) is 240 cm³/mol. The molecular formula is C55H44N2. The number of hydrogen-bond donors (Lipinski definition) is 0. The van der Waals surface area contributed by atoms with Gasteiger partial charge in [-0.3, -0.25) is 4.98 Å². The Bertz CT molecular complexity index is 3000. The first-order valence-corrected chi connectivity index (χ1v) is 20.3. The molecule has 1 atom stereocenters. The molecule has 8 aromatic rings. The minimum atomic E-state index is -0.197. The monoisotopic (exact) mass is 732 g/mol. The Labute approximate surface area is 335 Å². The van der Waals surface area contributed by atoms with Gasteiger partial charge in [0, 0.05) is 39.2 Å². The topological polar surface area (TPSA) is 16.1 Å². The molecule has 3 aliphatic rings. The number of allylic oxidation sites excluding steroid dienone is 2. The molecule has 1 heterocycles. The quantitative estimate of drug-likeness (QED) is 0.164. The maximum Gasteiger partial charge on any atom is 0.0786 e. The molecule has 57 heavy (non-hydrogen) atoms. The van der Waals surface area contributed by atoms with E-state index < -0.39 is 0 Å². The molecule has 0 bridgehead atoms. The van der Waals surface area contributed by atoms with Gasteiger partial charge in [0.15, 0.2) is 0 Å². The van der Waals surface area contributed by atoms with Crippen LogP contribution in [0.5, 0.6) is 0 Å². The SMILES string of the molecule is CC1(C)c2ccccc2-c2ccc(N(c3ccc4c(c3)C(C)(C)c3cc(-c5cccc6ccc7cccnc7c56)ccc3-4)C3C=CC(c4ccccc4)=CC3)cc21. The lowest BCUT2D eigenvalue weighted by atomic mass is 9.81. The fourth-order valence-corrected chi connectivity index (χ4v) is 10.2. The lowest BCUT2D eigenvalue weighted by Gasteiger charge is -2.35. The zero-order valence-electron chi connectivity index (χ0n) is 32.9. The van der Waals surface area contributed by atoms with Gasteiger partial charge >= 0.3 is 0 Å². The number of aromatic nitrogens is 1. The van der Waals surface area contributed by atoms with Crippen LogP contribution in [0.25, 0.3) is 60.6 Å². The van der Waals surface area contributed by atoms with Gasteiger partial charge in [-0.15, -0.1) is 0 Å². The van der Waals surface area contributed by atoms with E-state index in [1.54, 1.807) is 0 Å². The van der Waals surface area contributed by atoms with E-state index >= 15 is 0 Å². The molecule has 0 spiro atoms. The second-order valence-corrected chi connectivity index (χ2v) is 17.1. The molecule has 274 valence electrons. The molecule has 0 saturated carbocycles. The largest absolute Gasteiger partial charge is 0.334 e. The third-order valence-corrected chi connectivity index (χ3v) is 13.2. The van der Waals surface area contributed by atoms with Gasteiger partial charge in [0.1, 0.15) is 0 Å². The number of rotatable bonds is 5. The van der Waals surface area contributed by atoms with Crippen molar-refractivity contribution in [2.75, 3.05) is 4.90 Å². The van der Waals surface area contributed by atoms with Gasteiger partial charge in [-0.2, -0.15) is 0 Å². The summed E-state index contributed by atoms with van der Waals surface area (Å²) < 4.78 is 0. The van der Waals surface area contributed by atoms with Crippen molar-refractivity contribution in [1.29, 1.82) is 0 Å². The van der Waals surface area contributed by atoms with Crippen LogP contribution in [0, 0.1) is 0 Å². The normalized spacial score (nSPS) is 16.8. The van der Waals surface area contributed by atoms with E-state index in [4.69, 9.17) is 4.98 Å². The molecule has 0 fully saturated rings. The zero-order valence-corrected chi connectivity index (χ0v) is 32.9. The van der Waals surface area contributed by atoms with Crippen LogP contribution >= 0.6 is 0 Å². The molecule has 2 nitrogen and oxygen atoms in total. The first-order valence-electron chi connectivity index (χ1n) is 20.3. The van der Waals surface area contributed by atoms with Gasteiger partial charge in [0.05, 0.1) is 11.6 Å². The molecule has 1 aromatic heterocycles. The highest BCUT2D eigenvalue weighted by molar-refractivity contribution is 6.12. The van der Waals surface area contributed by atoms with Crippen LogP contribution < -0.4 is 4.90 Å². The summed E-state index contributed by atoms with van der Waals surface area (Å²) in [5.41, 5.74) is 19.1. The van der Waals surface area contributed by atoms with Crippen LogP contribution in [-0.2, 0) is 10.8 Å². The van der Waals surface area contributed by atoms with Gasteiger partial charge in [-0.05, 0) is 115 Å². The summed E-state index contributed by atoms with van der Waals surface area (Å²) >= 11 is 0. The van der Waals surface area contributed by atoms with Crippen molar-refractivity contribution in [3.63, 3.8) is 0 Å². The van der Waals surface area contributed by atoms with Crippen molar-refractivity contribution in [3.05, 3.63) is 204 Å². The highest BCUT2D eigenvalue weighted by Gasteiger charge is 2.38. The summed E-state index contributed by atoms with van der Waals surface area (Å²) in [4.78, 5) is 7.45. The van der Waals surface area contributed by atoms with Crippen molar-refractivity contribution in [2.24, 2.45) is 0 Å². The van der Waals surface area contributed by atoms with Crippen LogP contribution in [0.15, 0.2) is 176 Å². The van der Waals surface area contributed by atoms with Crippen molar-refractivity contribution in [3.8, 4) is 33.4 Å². The average Bonchev–Trinajstić information content (AvgIpc) is 3.62. The smallest absolute Gasteiger partial charge is 0.0786 e. The summed E-state index contributed by atoms with van der Waals surface area (Å²) in [6.07, 6.45) is 9.98. The highest BCUT2D eigenvalue weighted by Crippen LogP contribution is 2.53. The number of benzene rings is 7. The predicted octanol–water partition coefficient (Wildman–Crippen LogP) is 14.2. The van der Waals surface area contributed by atoms with Crippen LogP contribution in [0.2, 0.25) is 0 Å². The third kappa shape index (κ3) is 5.13. The van der Waals surface area contributed by atoms with E-state index in [2.05, 4.69) is 196 Å². The van der Waals surface area contributed by atoms with Crippen LogP contribution in [-0.4, -0.2) is 11.0 Å². The third-order valence-electron chi connectivity index (χ3n) is 13.2. The summed E-state index contributed by atoms with van der Waals surface area (Å²) in [7, 11) is 0. The van der Waals surface area contributed by atoms with E-state index in [0.717, 1.165) is 11.9 Å². The lowest BCUT2D eigenvalue weighted by molar-refractivity contribution is 0.658. The van der Waals surface area contributed by atoms with Gasteiger partial charge in [0.25, 0.3) is 0 Å². The fraction of sp³-hybridized carbons (Fsp3) is 0.145. The average molecular weight is 733 g/mol. The number of hydrogen-bond acceptors (Lipinski definition) is 2. The van der Waals surface area contributed by atoms with E-state index in [-0.39, 0.29) is 16.9 Å². The van der Waals surface area contributed by atoms with E-state index in [9.17, 15) is 0 Å². The maximum atomic E-state index is 4.86. The highest BCUT2D eigenvalue weighted by atomic mass is 15.2. The molecule has 7 aromatic carbocycles. The summed E-state index contributed by atoms with van der Waals surface area (Å²) in [5, 5.41) is 3.60. The molecular weight excluding hydrogens is 689 g/mol. The molecule has 3 aliphatic carbocycles. The molecule has 1 unspecified atom stereocenters. The zero-order chi connectivity index (χ0) is 38.5. The summed E-state index contributed by atoms with van der Waals surface area (Å²) in [5.74, 6) is 0. The first-order chi connectivity index (χ1) is 27.8. The molecule has 0 radical (unpaired) electrons. The second kappa shape index (κ2) is 12.5. The lowest BCUT2D eigenvalue weighted by Crippen LogP contribution is -2.31. The second-order valence-electron chi connectivity index (χ2n) is 17.1. The van der Waals surface area contributed by atoms with Gasteiger partial charge in [-0.1, -0.05) is 161 Å². The number of anilines is 2. The molecule has 0 aliphatic heterocycles. The first kappa shape index (κ1) is 33.8. The van der Waals surface area contributed by atoms with Gasteiger partial charge in [0.2, 0.25) is 0 Å². The summed E-state index contributed by atoms with van der Waals surface area (Å²) in [6, 6.07) is 56.6. The Balaban J connectivity index is 1.02. The van der Waals surface area contributed by atoms with Crippen molar-refractivity contribution in [2.45, 2.75) is 51.0 Å². The molecule has 0 amide bonds. The van der Waals surface area contributed by atoms with E-state index in [1.165, 1.54) is 94.3 Å². The molecule has 0 N–H and O–H groups in total. The Morgan fingerprint density at radius 1 is 0.509 bits per heavy atom. The van der Waals surface area contributed by atoms with Crippen molar-refractivity contribution >= 4 is 38.6 Å². The number of fused-ring (bicyclic) bond motifs is 9. The number of nitrogens with zero attached hydrogens (tertiary/aromatic N) is 2. The minimum absolute atomic E-state index is 0.0813. The van der Waals surface area contributed by atoms with Crippen molar-refractivity contribution in [1.82, 2.24) is 4.98 Å². The van der Waals surface area contributed by atoms with Gasteiger partial charge in [-0.25, -0.2) is 0 Å². The Hall–Kier alpha value is -6.51. The Morgan fingerprint density at radius 2 is 1.12 bits per heavy atom. The Morgan fingerprint density at radius 3 is 1.86 bits per heavy atom. The maximum absolute atomic E-state index is 4.86. The fourth-order valence-electron chi connectivity index (χ4n) is 10.2. The van der Waals surface area contributed by atoms with E-state index in [0.29, 0.717) is 0 Å².